The average molecular weight is 194 g/mol. The molecule has 78 valence electrons. The Bertz CT molecular complexity index is 268. The molecule has 0 aliphatic rings. The Balaban J connectivity index is 2.72. The summed E-state index contributed by atoms with van der Waals surface area (Å²) in [6.07, 6.45) is 4.52. The summed E-state index contributed by atoms with van der Waals surface area (Å²) in [4.78, 5) is 10.6. The molecule has 4 nitrogen and oxygen atoms in total. The Morgan fingerprint density at radius 1 is 1.36 bits per heavy atom. The van der Waals surface area contributed by atoms with Crippen LogP contribution in [0.25, 0.3) is 0 Å². The molecule has 0 spiro atoms. The molecule has 1 rings (SSSR count). The van der Waals surface area contributed by atoms with Crippen molar-refractivity contribution in [2.45, 2.75) is 26.3 Å². The maximum Gasteiger partial charge on any atom is 0.225 e. The number of rotatable bonds is 4. The molecule has 0 radical (unpaired) electrons. The van der Waals surface area contributed by atoms with Crippen LogP contribution in [0.15, 0.2) is 12.4 Å². The molecular formula is C10H18N4. The third-order valence-corrected chi connectivity index (χ3v) is 2.21. The molecule has 0 fully saturated rings. The number of hydrogen-bond donors (Lipinski definition) is 1. The summed E-state index contributed by atoms with van der Waals surface area (Å²) < 4.78 is 0. The Morgan fingerprint density at radius 2 is 1.93 bits per heavy atom. The zero-order valence-electron chi connectivity index (χ0n) is 9.07. The molecule has 0 atom stereocenters. The van der Waals surface area contributed by atoms with E-state index in [4.69, 9.17) is 5.73 Å². The van der Waals surface area contributed by atoms with Crippen LogP contribution >= 0.6 is 0 Å². The molecule has 0 saturated heterocycles. The first-order valence-corrected chi connectivity index (χ1v) is 4.89. The van der Waals surface area contributed by atoms with Gasteiger partial charge in [0, 0.05) is 25.5 Å². The van der Waals surface area contributed by atoms with E-state index in [0.717, 1.165) is 17.9 Å². The minimum atomic E-state index is 0.412. The second-order valence-electron chi connectivity index (χ2n) is 3.63. The highest BCUT2D eigenvalue weighted by Crippen LogP contribution is 2.08. The Morgan fingerprint density at radius 3 is 2.36 bits per heavy atom. The summed E-state index contributed by atoms with van der Waals surface area (Å²) in [5.41, 5.74) is 6.53. The van der Waals surface area contributed by atoms with E-state index in [1.165, 1.54) is 0 Å². The Kier molecular flexibility index (Phi) is 3.83. The van der Waals surface area contributed by atoms with Crippen LogP contribution in [0.4, 0.5) is 5.95 Å². The Hall–Kier alpha value is -1.16. The van der Waals surface area contributed by atoms with Gasteiger partial charge in [-0.15, -0.1) is 0 Å². The largest absolute Gasteiger partial charge is 0.341 e. The molecule has 0 bridgehead atoms. The van der Waals surface area contributed by atoms with Gasteiger partial charge in [-0.25, -0.2) is 9.97 Å². The lowest BCUT2D eigenvalue weighted by atomic mass is 10.2. The van der Waals surface area contributed by atoms with Crippen LogP contribution in [-0.2, 0) is 6.42 Å². The maximum absolute atomic E-state index is 5.44. The summed E-state index contributed by atoms with van der Waals surface area (Å²) in [5, 5.41) is 0. The molecule has 0 saturated carbocycles. The summed E-state index contributed by atoms with van der Waals surface area (Å²) in [5.74, 6) is 0.765. The van der Waals surface area contributed by atoms with Gasteiger partial charge < -0.3 is 10.6 Å². The second-order valence-corrected chi connectivity index (χ2v) is 3.63. The standard InChI is InChI=1S/C10H18N4/c1-8(2)14(3)10-12-6-9(4-5-11)7-13-10/h6-8H,4-5,11H2,1-3H3. The van der Waals surface area contributed by atoms with Gasteiger partial charge in [0.2, 0.25) is 5.95 Å². The highest BCUT2D eigenvalue weighted by atomic mass is 15.2. The maximum atomic E-state index is 5.44. The predicted molar refractivity (Wildman–Crippen MR) is 58.3 cm³/mol. The van der Waals surface area contributed by atoms with Crippen molar-refractivity contribution in [3.63, 3.8) is 0 Å². The van der Waals surface area contributed by atoms with Crippen molar-refractivity contribution in [3.8, 4) is 0 Å². The van der Waals surface area contributed by atoms with Crippen molar-refractivity contribution >= 4 is 5.95 Å². The molecule has 4 heteroatoms. The van der Waals surface area contributed by atoms with E-state index in [1.54, 1.807) is 0 Å². The summed E-state index contributed by atoms with van der Waals surface area (Å²) in [6.45, 7) is 4.86. The number of hydrogen-bond acceptors (Lipinski definition) is 4. The molecule has 0 amide bonds. The molecule has 2 N–H and O–H groups in total. The van der Waals surface area contributed by atoms with Gasteiger partial charge in [-0.05, 0) is 32.4 Å². The Labute approximate surface area is 85.2 Å². The predicted octanol–water partition coefficient (Wildman–Crippen LogP) is 0.822. The minimum absolute atomic E-state index is 0.412. The molecule has 0 aliphatic carbocycles. The number of aromatic nitrogens is 2. The number of nitrogens with two attached hydrogens (primary N) is 1. The first-order valence-electron chi connectivity index (χ1n) is 4.89. The summed E-state index contributed by atoms with van der Waals surface area (Å²) in [7, 11) is 1.99. The fourth-order valence-corrected chi connectivity index (χ4v) is 1.06. The topological polar surface area (TPSA) is 55.0 Å². The van der Waals surface area contributed by atoms with Gasteiger partial charge in [0.05, 0.1) is 0 Å². The fourth-order valence-electron chi connectivity index (χ4n) is 1.06. The smallest absolute Gasteiger partial charge is 0.225 e. The minimum Gasteiger partial charge on any atom is -0.341 e. The highest BCUT2D eigenvalue weighted by molar-refractivity contribution is 5.29. The van der Waals surface area contributed by atoms with Crippen LogP contribution in [0.5, 0.6) is 0 Å². The van der Waals surface area contributed by atoms with Crippen molar-refractivity contribution in [3.05, 3.63) is 18.0 Å². The first-order chi connectivity index (χ1) is 6.65. The lowest BCUT2D eigenvalue weighted by molar-refractivity contribution is 0.727. The fraction of sp³-hybridized carbons (Fsp3) is 0.600. The summed E-state index contributed by atoms with van der Waals surface area (Å²) >= 11 is 0. The van der Waals surface area contributed by atoms with Crippen LogP contribution in [0.1, 0.15) is 19.4 Å². The van der Waals surface area contributed by atoms with Gasteiger partial charge in [-0.2, -0.15) is 0 Å². The number of anilines is 1. The van der Waals surface area contributed by atoms with Crippen LogP contribution in [0.3, 0.4) is 0 Å². The molecule has 1 aromatic heterocycles. The van der Waals surface area contributed by atoms with Gasteiger partial charge in [0.25, 0.3) is 0 Å². The molecular weight excluding hydrogens is 176 g/mol. The monoisotopic (exact) mass is 194 g/mol. The normalized spacial score (nSPS) is 10.6. The second kappa shape index (κ2) is 4.91. The molecule has 14 heavy (non-hydrogen) atoms. The van der Waals surface area contributed by atoms with E-state index in [1.807, 2.05) is 24.3 Å². The van der Waals surface area contributed by atoms with Crippen LogP contribution in [0.2, 0.25) is 0 Å². The first kappa shape index (κ1) is 10.9. The zero-order valence-corrected chi connectivity index (χ0v) is 9.07. The number of nitrogens with zero attached hydrogens (tertiary/aromatic N) is 3. The van der Waals surface area contributed by atoms with Crippen molar-refractivity contribution in [2.24, 2.45) is 5.73 Å². The van der Waals surface area contributed by atoms with Crippen molar-refractivity contribution < 1.29 is 0 Å². The van der Waals surface area contributed by atoms with Gasteiger partial charge in [-0.3, -0.25) is 0 Å². The van der Waals surface area contributed by atoms with Crippen molar-refractivity contribution in [2.75, 3.05) is 18.5 Å². The van der Waals surface area contributed by atoms with E-state index in [-0.39, 0.29) is 0 Å². The lowest BCUT2D eigenvalue weighted by Gasteiger charge is -2.20. The van der Waals surface area contributed by atoms with Gasteiger partial charge >= 0.3 is 0 Å². The highest BCUT2D eigenvalue weighted by Gasteiger charge is 2.06. The van der Waals surface area contributed by atoms with E-state index >= 15 is 0 Å². The van der Waals surface area contributed by atoms with Gasteiger partial charge in [0.15, 0.2) is 0 Å². The van der Waals surface area contributed by atoms with Gasteiger partial charge in [0.1, 0.15) is 0 Å². The molecule has 1 aromatic rings. The molecule has 0 aromatic carbocycles. The van der Waals surface area contributed by atoms with Crippen molar-refractivity contribution in [1.29, 1.82) is 0 Å². The summed E-state index contributed by atoms with van der Waals surface area (Å²) in [6, 6.07) is 0.412. The van der Waals surface area contributed by atoms with Crippen LogP contribution in [-0.4, -0.2) is 29.6 Å². The molecule has 1 heterocycles. The third kappa shape index (κ3) is 2.67. The third-order valence-electron chi connectivity index (χ3n) is 2.21. The SMILES string of the molecule is CC(C)N(C)c1ncc(CCN)cn1. The van der Waals surface area contributed by atoms with E-state index in [9.17, 15) is 0 Å². The zero-order chi connectivity index (χ0) is 10.6. The van der Waals surface area contributed by atoms with Crippen LogP contribution < -0.4 is 10.6 Å². The van der Waals surface area contributed by atoms with Crippen LogP contribution in [0, 0.1) is 0 Å². The van der Waals surface area contributed by atoms with E-state index < -0.39 is 0 Å². The molecule has 0 aliphatic heterocycles. The van der Waals surface area contributed by atoms with Crippen molar-refractivity contribution in [1.82, 2.24) is 9.97 Å². The quantitative estimate of drug-likeness (QED) is 0.771. The van der Waals surface area contributed by atoms with E-state index in [2.05, 4.69) is 23.8 Å². The van der Waals surface area contributed by atoms with E-state index in [0.29, 0.717) is 12.6 Å². The van der Waals surface area contributed by atoms with Gasteiger partial charge in [-0.1, -0.05) is 0 Å². The average Bonchev–Trinajstić information content (AvgIpc) is 2.18. The lowest BCUT2D eigenvalue weighted by Crippen LogP contribution is -2.27. The molecule has 0 unspecified atom stereocenters.